The van der Waals surface area contributed by atoms with Gasteiger partial charge in [0.25, 0.3) is 0 Å². The van der Waals surface area contributed by atoms with Gasteiger partial charge in [-0.05, 0) is 29.7 Å². The van der Waals surface area contributed by atoms with E-state index >= 15 is 0 Å². The van der Waals surface area contributed by atoms with Gasteiger partial charge in [0.15, 0.2) is 0 Å². The molecule has 0 saturated heterocycles. The van der Waals surface area contributed by atoms with Gasteiger partial charge in [-0.15, -0.1) is 0 Å². The predicted molar refractivity (Wildman–Crippen MR) is 87.2 cm³/mol. The second-order valence-electron chi connectivity index (χ2n) is 5.25. The minimum atomic E-state index is -1.06. The molecule has 0 saturated carbocycles. The van der Waals surface area contributed by atoms with Crippen molar-refractivity contribution < 1.29 is 14.7 Å². The van der Waals surface area contributed by atoms with Gasteiger partial charge in [0.2, 0.25) is 5.91 Å². The summed E-state index contributed by atoms with van der Waals surface area (Å²) in [5, 5.41) is 12.8. The third-order valence-corrected chi connectivity index (χ3v) is 4.43. The maximum absolute atomic E-state index is 12.5. The molecule has 1 aromatic rings. The monoisotopic (exact) mass is 339 g/mol. The Morgan fingerprint density at radius 2 is 1.95 bits per heavy atom. The Morgan fingerprint density at radius 3 is 2.55 bits per heavy atom. The van der Waals surface area contributed by atoms with Crippen LogP contribution in [0.2, 0.25) is 10.0 Å². The van der Waals surface area contributed by atoms with Crippen LogP contribution in [0.4, 0.5) is 5.69 Å². The van der Waals surface area contributed by atoms with Crippen LogP contribution < -0.4 is 5.32 Å². The summed E-state index contributed by atoms with van der Waals surface area (Å²) in [4.78, 5) is 24.0. The van der Waals surface area contributed by atoms with Crippen molar-refractivity contribution in [3.05, 3.63) is 52.5 Å². The van der Waals surface area contributed by atoms with Crippen molar-refractivity contribution in [3.8, 4) is 0 Å². The highest BCUT2D eigenvalue weighted by Crippen LogP contribution is 2.34. The number of hydrogen-bond acceptors (Lipinski definition) is 2. The molecule has 0 bridgehead atoms. The number of carboxylic acids is 1. The Kier molecular flexibility index (Phi) is 4.94. The summed E-state index contributed by atoms with van der Waals surface area (Å²) >= 11 is 11.7. The molecular formula is C16H15Cl2NO3. The molecule has 0 aromatic heterocycles. The topological polar surface area (TPSA) is 66.4 Å². The fourth-order valence-corrected chi connectivity index (χ4v) is 2.83. The number of anilines is 1. The van der Waals surface area contributed by atoms with E-state index in [1.54, 1.807) is 31.2 Å². The Hall–Kier alpha value is -1.78. The van der Waals surface area contributed by atoms with Crippen LogP contribution in [0.1, 0.15) is 6.92 Å². The largest absolute Gasteiger partial charge is 0.481 e. The number of amides is 1. The number of aliphatic carboxylic acids is 1. The molecule has 0 heterocycles. The molecule has 2 N–H and O–H groups in total. The number of benzene rings is 1. The quantitative estimate of drug-likeness (QED) is 0.874. The number of allylic oxidation sites excluding steroid dienone is 2. The highest BCUT2D eigenvalue weighted by molar-refractivity contribution is 6.42. The maximum atomic E-state index is 12.5. The van der Waals surface area contributed by atoms with Gasteiger partial charge in [-0.3, -0.25) is 9.59 Å². The Labute approximate surface area is 138 Å². The smallest absolute Gasteiger partial charge is 0.311 e. The van der Waals surface area contributed by atoms with Crippen LogP contribution >= 0.6 is 23.2 Å². The zero-order chi connectivity index (χ0) is 16.4. The molecule has 1 amide bonds. The van der Waals surface area contributed by atoms with Crippen molar-refractivity contribution in [2.45, 2.75) is 6.92 Å². The van der Waals surface area contributed by atoms with Crippen molar-refractivity contribution in [2.75, 3.05) is 5.32 Å². The number of carbonyl (C=O) groups excluding carboxylic acids is 1. The SMILES string of the molecule is C=C1C=CC(C)C(C(=O)Nc2ccc(Cl)c(Cl)c2)C1C(=O)O. The zero-order valence-electron chi connectivity index (χ0n) is 11.8. The molecular weight excluding hydrogens is 325 g/mol. The fraction of sp³-hybridized carbons (Fsp3) is 0.250. The summed E-state index contributed by atoms with van der Waals surface area (Å²) in [7, 11) is 0. The molecule has 0 aliphatic heterocycles. The van der Waals surface area contributed by atoms with Gasteiger partial charge in [0.1, 0.15) is 0 Å². The van der Waals surface area contributed by atoms with E-state index in [2.05, 4.69) is 11.9 Å². The lowest BCUT2D eigenvalue weighted by Gasteiger charge is -2.30. The first-order chi connectivity index (χ1) is 10.3. The van der Waals surface area contributed by atoms with Crippen LogP contribution in [0.15, 0.2) is 42.5 Å². The zero-order valence-corrected chi connectivity index (χ0v) is 13.4. The van der Waals surface area contributed by atoms with Gasteiger partial charge in [-0.25, -0.2) is 0 Å². The van der Waals surface area contributed by atoms with Crippen LogP contribution in [0.25, 0.3) is 0 Å². The van der Waals surface area contributed by atoms with E-state index in [0.717, 1.165) is 0 Å². The molecule has 1 aliphatic rings. The van der Waals surface area contributed by atoms with Gasteiger partial charge in [-0.2, -0.15) is 0 Å². The number of hydrogen-bond donors (Lipinski definition) is 2. The van der Waals surface area contributed by atoms with Crippen molar-refractivity contribution in [3.63, 3.8) is 0 Å². The molecule has 0 radical (unpaired) electrons. The lowest BCUT2D eigenvalue weighted by molar-refractivity contribution is -0.145. The van der Waals surface area contributed by atoms with Crippen molar-refractivity contribution in [1.82, 2.24) is 0 Å². The molecule has 4 nitrogen and oxygen atoms in total. The van der Waals surface area contributed by atoms with E-state index in [1.807, 2.05) is 0 Å². The fourth-order valence-electron chi connectivity index (χ4n) is 2.53. The normalized spacial score (nSPS) is 24.1. The summed E-state index contributed by atoms with van der Waals surface area (Å²) in [6, 6.07) is 4.70. The van der Waals surface area contributed by atoms with Crippen molar-refractivity contribution in [1.29, 1.82) is 0 Å². The molecule has 0 fully saturated rings. The molecule has 3 unspecified atom stereocenters. The summed E-state index contributed by atoms with van der Waals surface area (Å²) < 4.78 is 0. The van der Waals surface area contributed by atoms with Crippen LogP contribution in [-0.2, 0) is 9.59 Å². The van der Waals surface area contributed by atoms with Gasteiger partial charge in [0.05, 0.1) is 21.9 Å². The Bertz CT molecular complexity index is 669. The molecule has 22 heavy (non-hydrogen) atoms. The average molecular weight is 340 g/mol. The molecule has 1 aromatic carbocycles. The third-order valence-electron chi connectivity index (χ3n) is 3.69. The van der Waals surface area contributed by atoms with Crippen LogP contribution in [-0.4, -0.2) is 17.0 Å². The number of carboxylic acid groups (broad SMARTS) is 1. The highest BCUT2D eigenvalue weighted by atomic mass is 35.5. The number of nitrogens with one attached hydrogen (secondary N) is 1. The van der Waals surface area contributed by atoms with Gasteiger partial charge >= 0.3 is 5.97 Å². The van der Waals surface area contributed by atoms with Crippen LogP contribution in [0, 0.1) is 17.8 Å². The van der Waals surface area contributed by atoms with E-state index in [4.69, 9.17) is 23.2 Å². The molecule has 0 spiro atoms. The number of carbonyl (C=O) groups is 2. The second-order valence-corrected chi connectivity index (χ2v) is 6.07. The standard InChI is InChI=1S/C16H15Cl2NO3/c1-8-3-4-9(2)14(16(21)22)13(8)15(20)19-10-5-6-11(17)12(18)7-10/h3-8,13-14H,2H2,1H3,(H,19,20)(H,21,22). The number of rotatable bonds is 3. The van der Waals surface area contributed by atoms with Crippen molar-refractivity contribution in [2.24, 2.45) is 17.8 Å². The molecule has 116 valence electrons. The molecule has 3 atom stereocenters. The lowest BCUT2D eigenvalue weighted by Crippen LogP contribution is -2.39. The molecule has 6 heteroatoms. The highest BCUT2D eigenvalue weighted by Gasteiger charge is 2.40. The Balaban J connectivity index is 2.26. The second kappa shape index (κ2) is 6.55. The summed E-state index contributed by atoms with van der Waals surface area (Å²) in [6.07, 6.45) is 3.45. The maximum Gasteiger partial charge on any atom is 0.311 e. The van der Waals surface area contributed by atoms with Crippen molar-refractivity contribution >= 4 is 40.8 Å². The van der Waals surface area contributed by atoms with E-state index in [0.29, 0.717) is 21.3 Å². The van der Waals surface area contributed by atoms with Crippen LogP contribution in [0.5, 0.6) is 0 Å². The Morgan fingerprint density at radius 1 is 1.27 bits per heavy atom. The van der Waals surface area contributed by atoms with Crippen LogP contribution in [0.3, 0.4) is 0 Å². The van der Waals surface area contributed by atoms with Gasteiger partial charge in [0, 0.05) is 5.69 Å². The van der Waals surface area contributed by atoms with E-state index < -0.39 is 17.8 Å². The van der Waals surface area contributed by atoms with E-state index in [9.17, 15) is 14.7 Å². The van der Waals surface area contributed by atoms with E-state index in [-0.39, 0.29) is 11.8 Å². The summed E-state index contributed by atoms with van der Waals surface area (Å²) in [5.41, 5.74) is 0.885. The molecule has 2 rings (SSSR count). The summed E-state index contributed by atoms with van der Waals surface area (Å²) in [6.45, 7) is 5.53. The predicted octanol–water partition coefficient (Wildman–Crippen LogP) is 4.01. The lowest BCUT2D eigenvalue weighted by atomic mass is 9.74. The molecule has 1 aliphatic carbocycles. The minimum absolute atomic E-state index is 0.214. The number of halogens is 2. The first-order valence-electron chi connectivity index (χ1n) is 6.67. The third kappa shape index (κ3) is 3.34. The average Bonchev–Trinajstić information content (AvgIpc) is 2.44. The van der Waals surface area contributed by atoms with Gasteiger partial charge < -0.3 is 10.4 Å². The summed E-state index contributed by atoms with van der Waals surface area (Å²) in [5.74, 6) is -3.33. The minimum Gasteiger partial charge on any atom is -0.481 e. The van der Waals surface area contributed by atoms with Gasteiger partial charge in [-0.1, -0.05) is 48.9 Å². The first kappa shape index (κ1) is 16.6. The first-order valence-corrected chi connectivity index (χ1v) is 7.42. The van der Waals surface area contributed by atoms with E-state index in [1.165, 1.54) is 6.07 Å².